The van der Waals surface area contributed by atoms with E-state index >= 15 is 0 Å². The number of rotatable bonds is 5. The van der Waals surface area contributed by atoms with Crippen LogP contribution >= 0.6 is 0 Å². The van der Waals surface area contributed by atoms with Gasteiger partial charge in [0.05, 0.1) is 5.92 Å². The van der Waals surface area contributed by atoms with Gasteiger partial charge in [-0.15, -0.1) is 0 Å². The summed E-state index contributed by atoms with van der Waals surface area (Å²) < 4.78 is 58.2. The first-order valence-corrected chi connectivity index (χ1v) is 10.3. The Kier molecular flexibility index (Phi) is 6.13. The Bertz CT molecular complexity index is 931. The Morgan fingerprint density at radius 2 is 1.86 bits per heavy atom. The number of sulfonamides is 1. The number of carbonyl (C=O) groups is 3. The van der Waals surface area contributed by atoms with Crippen molar-refractivity contribution in [3.05, 3.63) is 29.8 Å². The smallest absolute Gasteiger partial charge is 0.324 e. The van der Waals surface area contributed by atoms with E-state index in [0.717, 1.165) is 21.3 Å². The summed E-state index contributed by atoms with van der Waals surface area (Å²) in [5.41, 5.74) is 0. The lowest BCUT2D eigenvalue weighted by Gasteiger charge is -2.30. The molecule has 9 nitrogen and oxygen atoms in total. The van der Waals surface area contributed by atoms with Crippen LogP contribution in [-0.4, -0.2) is 68.3 Å². The highest BCUT2D eigenvalue weighted by molar-refractivity contribution is 7.89. The van der Waals surface area contributed by atoms with E-state index in [1.165, 1.54) is 0 Å². The summed E-state index contributed by atoms with van der Waals surface area (Å²) in [5, 5.41) is 2.45. The highest BCUT2D eigenvalue weighted by Crippen LogP contribution is 2.26. The second kappa shape index (κ2) is 8.41. The number of amides is 3. The van der Waals surface area contributed by atoms with Crippen LogP contribution < -0.4 is 5.32 Å². The molecule has 1 N–H and O–H groups in total. The molecular weight excluding hydrogens is 412 g/mol. The number of piperidine rings is 1. The van der Waals surface area contributed by atoms with Crippen LogP contribution in [0.3, 0.4) is 0 Å². The van der Waals surface area contributed by atoms with E-state index < -0.39 is 57.0 Å². The van der Waals surface area contributed by atoms with Crippen molar-refractivity contribution in [2.45, 2.75) is 17.7 Å². The van der Waals surface area contributed by atoms with Crippen molar-refractivity contribution in [3.8, 4) is 0 Å². The highest BCUT2D eigenvalue weighted by Gasteiger charge is 2.35. The van der Waals surface area contributed by atoms with Gasteiger partial charge in [0.15, 0.2) is 6.61 Å². The first-order valence-electron chi connectivity index (χ1n) is 8.90. The molecule has 1 aromatic carbocycles. The van der Waals surface area contributed by atoms with Crippen LogP contribution in [0.15, 0.2) is 23.1 Å². The van der Waals surface area contributed by atoms with Gasteiger partial charge in [-0.25, -0.2) is 22.0 Å². The van der Waals surface area contributed by atoms with Gasteiger partial charge >= 0.3 is 12.0 Å². The maximum Gasteiger partial charge on any atom is 0.324 e. The Morgan fingerprint density at radius 1 is 1.17 bits per heavy atom. The minimum atomic E-state index is -4.25. The summed E-state index contributed by atoms with van der Waals surface area (Å²) in [5.74, 6) is -3.89. The number of nitrogens with one attached hydrogen (secondary N) is 1. The van der Waals surface area contributed by atoms with Gasteiger partial charge in [-0.3, -0.25) is 14.5 Å². The average molecular weight is 431 g/mol. The van der Waals surface area contributed by atoms with Crippen molar-refractivity contribution in [2.75, 3.05) is 32.8 Å². The number of benzene rings is 1. The monoisotopic (exact) mass is 431 g/mol. The average Bonchev–Trinajstić information content (AvgIpc) is 3.13. The molecule has 0 aromatic heterocycles. The van der Waals surface area contributed by atoms with E-state index in [2.05, 4.69) is 5.32 Å². The van der Waals surface area contributed by atoms with Gasteiger partial charge in [0.25, 0.3) is 5.91 Å². The van der Waals surface area contributed by atoms with Crippen LogP contribution in [0.25, 0.3) is 0 Å². The second-order valence-corrected chi connectivity index (χ2v) is 8.54. The molecule has 2 saturated heterocycles. The minimum absolute atomic E-state index is 0.0828. The van der Waals surface area contributed by atoms with E-state index in [1.54, 1.807) is 0 Å². The van der Waals surface area contributed by atoms with Gasteiger partial charge < -0.3 is 10.1 Å². The summed E-state index contributed by atoms with van der Waals surface area (Å²) in [6.45, 7) is -0.222. The summed E-state index contributed by atoms with van der Waals surface area (Å²) in [6.07, 6.45) is 0.209. The number of ether oxygens (including phenoxy) is 1. The van der Waals surface area contributed by atoms with E-state index in [9.17, 15) is 31.6 Å². The molecule has 29 heavy (non-hydrogen) atoms. The van der Waals surface area contributed by atoms with Crippen molar-refractivity contribution < 1.29 is 36.3 Å². The Labute approximate surface area is 165 Å². The van der Waals surface area contributed by atoms with E-state index in [1.807, 2.05) is 0 Å². The minimum Gasteiger partial charge on any atom is -0.455 e. The van der Waals surface area contributed by atoms with Gasteiger partial charge in [0.2, 0.25) is 10.0 Å². The number of nitrogens with zero attached hydrogens (tertiary/aromatic N) is 2. The molecule has 2 aliphatic heterocycles. The molecule has 0 bridgehead atoms. The maximum atomic E-state index is 13.8. The molecule has 1 aromatic rings. The summed E-state index contributed by atoms with van der Waals surface area (Å²) in [4.78, 5) is 35.6. The van der Waals surface area contributed by atoms with Crippen molar-refractivity contribution in [2.24, 2.45) is 5.92 Å². The lowest BCUT2D eigenvalue weighted by atomic mass is 9.98. The number of urea groups is 1. The molecule has 3 rings (SSSR count). The molecule has 0 unspecified atom stereocenters. The standard InChI is InChI=1S/C17H19F2N3O6S/c18-12-1-2-13(19)14(9-12)29(26,27)21-6-3-11(4-7-21)16(24)28-10-15(23)22-8-5-20-17(22)25/h1-2,9,11H,3-8,10H2,(H,20,25). The van der Waals surface area contributed by atoms with Crippen LogP contribution in [0.5, 0.6) is 0 Å². The third-order valence-corrected chi connectivity index (χ3v) is 6.71. The number of imide groups is 1. The topological polar surface area (TPSA) is 113 Å². The van der Waals surface area contributed by atoms with E-state index in [0.29, 0.717) is 12.6 Å². The Morgan fingerprint density at radius 3 is 2.48 bits per heavy atom. The fraction of sp³-hybridized carbons (Fsp3) is 0.471. The predicted octanol–water partition coefficient (Wildman–Crippen LogP) is 0.461. The highest BCUT2D eigenvalue weighted by atomic mass is 32.2. The number of carbonyl (C=O) groups excluding carboxylic acids is 3. The van der Waals surface area contributed by atoms with Crippen LogP contribution in [-0.2, 0) is 24.3 Å². The SMILES string of the molecule is O=C(OCC(=O)N1CCNC1=O)C1CCN(S(=O)(=O)c2cc(F)ccc2F)CC1. The number of hydrogen-bond acceptors (Lipinski definition) is 6. The molecular formula is C17H19F2N3O6S. The number of hydrogen-bond donors (Lipinski definition) is 1. The predicted molar refractivity (Wildman–Crippen MR) is 93.9 cm³/mol. The van der Waals surface area contributed by atoms with Gasteiger partial charge in [-0.2, -0.15) is 4.31 Å². The van der Waals surface area contributed by atoms with Gasteiger partial charge in [-0.05, 0) is 31.0 Å². The fourth-order valence-corrected chi connectivity index (χ4v) is 4.73. The molecule has 0 spiro atoms. The second-order valence-electron chi connectivity index (χ2n) is 6.64. The molecule has 0 saturated carbocycles. The fourth-order valence-electron chi connectivity index (χ4n) is 3.18. The zero-order valence-electron chi connectivity index (χ0n) is 15.3. The summed E-state index contributed by atoms with van der Waals surface area (Å²) >= 11 is 0. The van der Waals surface area contributed by atoms with Crippen LogP contribution in [0, 0.1) is 17.6 Å². The largest absolute Gasteiger partial charge is 0.455 e. The zero-order chi connectivity index (χ0) is 21.2. The molecule has 12 heteroatoms. The van der Waals surface area contributed by atoms with E-state index in [-0.39, 0.29) is 32.5 Å². The molecule has 2 heterocycles. The summed E-state index contributed by atoms with van der Waals surface area (Å²) in [7, 11) is -4.25. The normalized spacial score (nSPS) is 18.6. The van der Waals surface area contributed by atoms with E-state index in [4.69, 9.17) is 4.74 Å². The molecule has 0 atom stereocenters. The maximum absolute atomic E-state index is 13.8. The van der Waals surface area contributed by atoms with Crippen LogP contribution in [0.1, 0.15) is 12.8 Å². The third-order valence-electron chi connectivity index (χ3n) is 4.79. The first-order chi connectivity index (χ1) is 13.7. The number of halogens is 2. The molecule has 3 amide bonds. The van der Waals surface area contributed by atoms with Crippen LogP contribution in [0.4, 0.5) is 13.6 Å². The Balaban J connectivity index is 1.54. The lowest BCUT2D eigenvalue weighted by Crippen LogP contribution is -2.42. The quantitative estimate of drug-likeness (QED) is 0.678. The zero-order valence-corrected chi connectivity index (χ0v) is 16.1. The van der Waals surface area contributed by atoms with Crippen molar-refractivity contribution in [3.63, 3.8) is 0 Å². The number of esters is 1. The molecule has 158 valence electrons. The van der Waals surface area contributed by atoms with Gasteiger partial charge in [0, 0.05) is 26.2 Å². The van der Waals surface area contributed by atoms with Crippen molar-refractivity contribution in [1.29, 1.82) is 0 Å². The molecule has 2 fully saturated rings. The molecule has 0 aliphatic carbocycles. The lowest BCUT2D eigenvalue weighted by molar-refractivity contribution is -0.155. The summed E-state index contributed by atoms with van der Waals surface area (Å²) in [6, 6.07) is 1.63. The van der Waals surface area contributed by atoms with Gasteiger partial charge in [0.1, 0.15) is 16.5 Å². The van der Waals surface area contributed by atoms with Crippen molar-refractivity contribution in [1.82, 2.24) is 14.5 Å². The molecule has 2 aliphatic rings. The molecule has 0 radical (unpaired) electrons. The third kappa shape index (κ3) is 4.53. The van der Waals surface area contributed by atoms with Crippen molar-refractivity contribution >= 4 is 27.9 Å². The van der Waals surface area contributed by atoms with Gasteiger partial charge in [-0.1, -0.05) is 0 Å². The Hall–Kier alpha value is -2.60. The van der Waals surface area contributed by atoms with Crippen LogP contribution in [0.2, 0.25) is 0 Å². The first kappa shape index (κ1) is 21.1.